The van der Waals surface area contributed by atoms with Crippen LogP contribution in [0.15, 0.2) is 121 Å². The van der Waals surface area contributed by atoms with Crippen molar-refractivity contribution in [2.45, 2.75) is 75.5 Å². The van der Waals surface area contributed by atoms with Gasteiger partial charge in [-0.05, 0) is 74.1 Å². The Kier molecular flexibility index (Phi) is 14.8. The Bertz CT molecular complexity index is 1000. The second-order valence-electron chi connectivity index (χ2n) is 10.7. The number of rotatable bonds is 6. The molecule has 0 aliphatic heterocycles. The summed E-state index contributed by atoms with van der Waals surface area (Å²) in [4.78, 5) is 0. The van der Waals surface area contributed by atoms with E-state index >= 15 is 0 Å². The molecule has 2 saturated carbocycles. The molecular formula is C36H44Cl2P2. The molecule has 2 fully saturated rings. The Labute approximate surface area is 257 Å². The third-order valence-electron chi connectivity index (χ3n) is 8.02. The molecule has 4 aromatic carbocycles. The van der Waals surface area contributed by atoms with Gasteiger partial charge >= 0.3 is 0 Å². The van der Waals surface area contributed by atoms with Crippen LogP contribution in [0, 0.1) is 0 Å². The van der Waals surface area contributed by atoms with E-state index in [-0.39, 0.29) is 40.7 Å². The summed E-state index contributed by atoms with van der Waals surface area (Å²) in [5.74, 6) is 0. The fourth-order valence-corrected chi connectivity index (χ4v) is 12.2. The van der Waals surface area contributed by atoms with Gasteiger partial charge in [0.05, 0.1) is 0 Å². The van der Waals surface area contributed by atoms with Gasteiger partial charge in [0, 0.05) is 0 Å². The fraction of sp³-hybridized carbons (Fsp3) is 0.333. The van der Waals surface area contributed by atoms with E-state index in [0.29, 0.717) is 0 Å². The summed E-state index contributed by atoms with van der Waals surface area (Å²) in [7, 11) is -0.338. The summed E-state index contributed by atoms with van der Waals surface area (Å²) >= 11 is 0. The Hall–Kier alpha value is -1.68. The Morgan fingerprint density at radius 1 is 0.325 bits per heavy atom. The first-order valence-corrected chi connectivity index (χ1v) is 17.5. The van der Waals surface area contributed by atoms with Crippen LogP contribution in [-0.4, -0.2) is 11.3 Å². The van der Waals surface area contributed by atoms with Crippen molar-refractivity contribution >= 4 is 61.9 Å². The van der Waals surface area contributed by atoms with E-state index in [2.05, 4.69) is 121 Å². The highest BCUT2D eigenvalue weighted by atomic mass is 35.5. The van der Waals surface area contributed by atoms with E-state index in [0.717, 1.165) is 11.3 Å². The largest absolute Gasteiger partial charge is 0.147 e. The Morgan fingerprint density at radius 3 is 0.775 bits per heavy atom. The second-order valence-corrected chi connectivity index (χ2v) is 15.7. The summed E-state index contributed by atoms with van der Waals surface area (Å²) in [5, 5.41) is 6.21. The molecule has 0 heterocycles. The van der Waals surface area contributed by atoms with Crippen molar-refractivity contribution < 1.29 is 0 Å². The predicted molar refractivity (Wildman–Crippen MR) is 186 cm³/mol. The van der Waals surface area contributed by atoms with Gasteiger partial charge in [-0.1, -0.05) is 160 Å². The summed E-state index contributed by atoms with van der Waals surface area (Å²) in [6, 6.07) is 44.7. The van der Waals surface area contributed by atoms with Crippen LogP contribution in [-0.2, 0) is 0 Å². The number of halogens is 2. The van der Waals surface area contributed by atoms with Gasteiger partial charge in [-0.25, -0.2) is 0 Å². The minimum atomic E-state index is -0.169. The molecule has 0 bridgehead atoms. The molecule has 212 valence electrons. The summed E-state index contributed by atoms with van der Waals surface area (Å²) in [6.07, 6.45) is 14.2. The molecule has 0 unspecified atom stereocenters. The van der Waals surface area contributed by atoms with Gasteiger partial charge in [0.15, 0.2) is 0 Å². The van der Waals surface area contributed by atoms with E-state index in [1.807, 2.05) is 0 Å². The number of benzene rings is 4. The van der Waals surface area contributed by atoms with Gasteiger partial charge in [-0.2, -0.15) is 0 Å². The van der Waals surface area contributed by atoms with Gasteiger partial charge in [0.2, 0.25) is 0 Å². The van der Waals surface area contributed by atoms with Gasteiger partial charge in [0.25, 0.3) is 0 Å². The lowest BCUT2D eigenvalue weighted by Crippen LogP contribution is -2.23. The molecule has 6 rings (SSSR count). The lowest BCUT2D eigenvalue weighted by atomic mass is 10.0. The van der Waals surface area contributed by atoms with Crippen LogP contribution >= 0.6 is 40.7 Å². The van der Waals surface area contributed by atoms with Crippen LogP contribution in [0.5, 0.6) is 0 Å². The van der Waals surface area contributed by atoms with Crippen LogP contribution in [0.3, 0.4) is 0 Å². The highest BCUT2D eigenvalue weighted by molar-refractivity contribution is 7.74. The minimum Gasteiger partial charge on any atom is -0.147 e. The van der Waals surface area contributed by atoms with Crippen molar-refractivity contribution in [1.82, 2.24) is 0 Å². The van der Waals surface area contributed by atoms with Crippen molar-refractivity contribution in [1.29, 1.82) is 0 Å². The Balaban J connectivity index is 0.000000210. The van der Waals surface area contributed by atoms with Crippen molar-refractivity contribution in [3.63, 3.8) is 0 Å². The molecule has 2 aliphatic rings. The molecular weight excluding hydrogens is 565 g/mol. The van der Waals surface area contributed by atoms with Gasteiger partial charge in [0.1, 0.15) is 0 Å². The second kappa shape index (κ2) is 18.0. The quantitative estimate of drug-likeness (QED) is 0.191. The topological polar surface area (TPSA) is 0 Å². The minimum absolute atomic E-state index is 0. The normalized spacial score (nSPS) is 15.8. The maximum absolute atomic E-state index is 2.33. The van der Waals surface area contributed by atoms with Crippen LogP contribution < -0.4 is 21.2 Å². The molecule has 0 N–H and O–H groups in total. The summed E-state index contributed by atoms with van der Waals surface area (Å²) < 4.78 is 0. The zero-order valence-corrected chi connectivity index (χ0v) is 26.9. The molecule has 40 heavy (non-hydrogen) atoms. The summed E-state index contributed by atoms with van der Waals surface area (Å²) in [6.45, 7) is 0. The van der Waals surface area contributed by atoms with Crippen LogP contribution in [0.25, 0.3) is 0 Å². The molecule has 4 aromatic rings. The lowest BCUT2D eigenvalue weighted by molar-refractivity contribution is 0.513. The maximum atomic E-state index is 2.33. The van der Waals surface area contributed by atoms with E-state index in [1.54, 1.807) is 21.2 Å². The van der Waals surface area contributed by atoms with Gasteiger partial charge in [-0.15, -0.1) is 24.8 Å². The highest BCUT2D eigenvalue weighted by Crippen LogP contribution is 2.47. The SMILES string of the molecule is Cl.Cl.c1ccc(P(c2ccccc2)C2CCCCC2)cc1.c1ccc(P(c2ccccc2)C2CCCCC2)cc1. The molecule has 0 aromatic heterocycles. The van der Waals surface area contributed by atoms with Crippen LogP contribution in [0.2, 0.25) is 0 Å². The highest BCUT2D eigenvalue weighted by Gasteiger charge is 2.27. The number of hydrogen-bond donors (Lipinski definition) is 0. The standard InChI is InChI=1S/2C18H21P.2ClH/c2*1-4-10-16(11-5-1)19(17-12-6-2-7-13-17)18-14-8-3-9-15-18;;/h2*1-2,4-7,10-13,18H,3,8-9,14-15H2;2*1H. The molecule has 0 atom stereocenters. The fourth-order valence-electron chi connectivity index (χ4n) is 6.17. The van der Waals surface area contributed by atoms with Gasteiger partial charge < -0.3 is 0 Å². The van der Waals surface area contributed by atoms with Gasteiger partial charge in [-0.3, -0.25) is 0 Å². The first-order valence-electron chi connectivity index (χ1n) is 14.7. The monoisotopic (exact) mass is 608 g/mol. The third kappa shape index (κ3) is 9.16. The first kappa shape index (κ1) is 32.8. The zero-order chi connectivity index (χ0) is 25.8. The van der Waals surface area contributed by atoms with Crippen LogP contribution in [0.1, 0.15) is 64.2 Å². The molecule has 0 amide bonds. The third-order valence-corrected chi connectivity index (χ3v) is 13.9. The van der Waals surface area contributed by atoms with Crippen molar-refractivity contribution in [2.24, 2.45) is 0 Å². The van der Waals surface area contributed by atoms with E-state index in [1.165, 1.54) is 64.2 Å². The van der Waals surface area contributed by atoms with E-state index < -0.39 is 0 Å². The Morgan fingerprint density at radius 2 is 0.550 bits per heavy atom. The smallest absolute Gasteiger partial charge is 0.0129 e. The molecule has 4 heteroatoms. The van der Waals surface area contributed by atoms with E-state index in [4.69, 9.17) is 0 Å². The van der Waals surface area contributed by atoms with Crippen molar-refractivity contribution in [3.8, 4) is 0 Å². The summed E-state index contributed by atoms with van der Waals surface area (Å²) in [5.41, 5.74) is 1.77. The molecule has 2 aliphatic carbocycles. The zero-order valence-electron chi connectivity index (χ0n) is 23.5. The lowest BCUT2D eigenvalue weighted by Gasteiger charge is -2.31. The number of hydrogen-bond acceptors (Lipinski definition) is 0. The average Bonchev–Trinajstić information content (AvgIpc) is 3.01. The van der Waals surface area contributed by atoms with Crippen molar-refractivity contribution in [3.05, 3.63) is 121 Å². The maximum Gasteiger partial charge on any atom is -0.0129 e. The predicted octanol–water partition coefficient (Wildman–Crippen LogP) is 9.75. The molecule has 0 saturated heterocycles. The van der Waals surface area contributed by atoms with Crippen molar-refractivity contribution in [2.75, 3.05) is 0 Å². The van der Waals surface area contributed by atoms with E-state index in [9.17, 15) is 0 Å². The average molecular weight is 610 g/mol. The molecule has 0 radical (unpaired) electrons. The molecule has 0 spiro atoms. The molecule has 0 nitrogen and oxygen atoms in total. The first-order chi connectivity index (χ1) is 18.9. The van der Waals surface area contributed by atoms with Crippen LogP contribution in [0.4, 0.5) is 0 Å².